The first kappa shape index (κ1) is 19.7. The minimum Gasteiger partial charge on any atom is -0.351 e. The van der Waals surface area contributed by atoms with E-state index in [1.165, 1.54) is 49.5 Å². The van der Waals surface area contributed by atoms with Gasteiger partial charge < -0.3 is 5.32 Å². The molecule has 9 heteroatoms. The number of amides is 1. The lowest BCUT2D eigenvalue weighted by Crippen LogP contribution is -2.38. The average Bonchev–Trinajstić information content (AvgIpc) is 2.56. The maximum Gasteiger partial charge on any atom is 0.244 e. The molecule has 0 saturated carbocycles. The standard InChI is InChI=1S/C16H15Cl2FN2O3S/c1-21(25(23,24)15-8-12(17)4-7-14(15)18)10-16(22)20-9-11-2-5-13(19)6-3-11/h2-8H,9-10H2,1H3,(H,20,22). The highest BCUT2D eigenvalue weighted by Crippen LogP contribution is 2.27. The third kappa shape index (κ3) is 5.15. The molecule has 2 aromatic carbocycles. The van der Waals surface area contributed by atoms with E-state index in [1.54, 1.807) is 0 Å². The van der Waals surface area contributed by atoms with E-state index in [-0.39, 0.29) is 27.3 Å². The van der Waals surface area contributed by atoms with Gasteiger partial charge in [0.1, 0.15) is 10.7 Å². The van der Waals surface area contributed by atoms with E-state index in [1.807, 2.05) is 0 Å². The summed E-state index contributed by atoms with van der Waals surface area (Å²) < 4.78 is 38.7. The summed E-state index contributed by atoms with van der Waals surface area (Å²) in [5.74, 6) is -0.882. The molecule has 2 aromatic rings. The number of carbonyl (C=O) groups is 1. The van der Waals surface area contributed by atoms with E-state index in [2.05, 4.69) is 5.32 Å². The Morgan fingerprint density at radius 3 is 2.44 bits per heavy atom. The van der Waals surface area contributed by atoms with Gasteiger partial charge in [-0.2, -0.15) is 4.31 Å². The number of sulfonamides is 1. The zero-order valence-corrected chi connectivity index (χ0v) is 15.5. The fourth-order valence-electron chi connectivity index (χ4n) is 1.99. The number of benzene rings is 2. The second-order valence-corrected chi connectivity index (χ2v) is 8.10. The molecule has 0 aliphatic rings. The first-order valence-corrected chi connectivity index (χ1v) is 9.32. The van der Waals surface area contributed by atoms with Gasteiger partial charge in [0.25, 0.3) is 0 Å². The van der Waals surface area contributed by atoms with Gasteiger partial charge in [-0.1, -0.05) is 35.3 Å². The fraction of sp³-hybridized carbons (Fsp3) is 0.188. The quantitative estimate of drug-likeness (QED) is 0.804. The van der Waals surface area contributed by atoms with E-state index in [4.69, 9.17) is 23.2 Å². The zero-order chi connectivity index (χ0) is 18.6. The summed E-state index contributed by atoms with van der Waals surface area (Å²) in [6, 6.07) is 9.69. The molecular formula is C16H15Cl2FN2O3S. The maximum atomic E-state index is 12.8. The largest absolute Gasteiger partial charge is 0.351 e. The van der Waals surface area contributed by atoms with Crippen molar-refractivity contribution in [3.05, 3.63) is 63.9 Å². The van der Waals surface area contributed by atoms with Crippen LogP contribution in [0.3, 0.4) is 0 Å². The molecule has 0 heterocycles. The molecule has 134 valence electrons. The van der Waals surface area contributed by atoms with Crippen LogP contribution in [0.25, 0.3) is 0 Å². The van der Waals surface area contributed by atoms with Gasteiger partial charge in [0.05, 0.1) is 11.6 Å². The van der Waals surface area contributed by atoms with Crippen LogP contribution in [0.1, 0.15) is 5.56 Å². The second kappa shape index (κ2) is 8.14. The van der Waals surface area contributed by atoms with Gasteiger partial charge in [0.2, 0.25) is 15.9 Å². The average molecular weight is 405 g/mol. The molecule has 0 bridgehead atoms. The molecule has 0 unspecified atom stereocenters. The highest BCUT2D eigenvalue weighted by Gasteiger charge is 2.25. The number of nitrogens with zero attached hydrogens (tertiary/aromatic N) is 1. The van der Waals surface area contributed by atoms with E-state index < -0.39 is 22.5 Å². The number of carbonyl (C=O) groups excluding carboxylic acids is 1. The Balaban J connectivity index is 2.02. The molecule has 0 aliphatic carbocycles. The van der Waals surface area contributed by atoms with Crippen molar-refractivity contribution >= 4 is 39.1 Å². The van der Waals surface area contributed by atoms with Crippen molar-refractivity contribution in [3.63, 3.8) is 0 Å². The van der Waals surface area contributed by atoms with Crippen molar-refractivity contribution in [2.24, 2.45) is 0 Å². The third-order valence-electron chi connectivity index (χ3n) is 3.35. The van der Waals surface area contributed by atoms with Crippen LogP contribution >= 0.6 is 23.2 Å². The number of hydrogen-bond donors (Lipinski definition) is 1. The van der Waals surface area contributed by atoms with Gasteiger partial charge in [-0.05, 0) is 35.9 Å². The van der Waals surface area contributed by atoms with Crippen molar-refractivity contribution in [2.75, 3.05) is 13.6 Å². The van der Waals surface area contributed by atoms with Crippen LogP contribution in [-0.2, 0) is 21.4 Å². The minimum absolute atomic E-state index is 0.0166. The van der Waals surface area contributed by atoms with Crippen LogP contribution in [0.15, 0.2) is 47.4 Å². The van der Waals surface area contributed by atoms with Crippen LogP contribution < -0.4 is 5.32 Å². The van der Waals surface area contributed by atoms with Crippen molar-refractivity contribution in [1.29, 1.82) is 0 Å². The molecule has 0 saturated heterocycles. The van der Waals surface area contributed by atoms with Gasteiger partial charge >= 0.3 is 0 Å². The van der Waals surface area contributed by atoms with E-state index >= 15 is 0 Å². The molecule has 5 nitrogen and oxygen atoms in total. The van der Waals surface area contributed by atoms with Crippen LogP contribution in [0.4, 0.5) is 4.39 Å². The molecule has 0 aliphatic heterocycles. The van der Waals surface area contributed by atoms with Crippen molar-refractivity contribution in [3.8, 4) is 0 Å². The SMILES string of the molecule is CN(CC(=O)NCc1ccc(F)cc1)S(=O)(=O)c1cc(Cl)ccc1Cl. The monoisotopic (exact) mass is 404 g/mol. The molecule has 1 amide bonds. The summed E-state index contributed by atoms with van der Waals surface area (Å²) in [4.78, 5) is 11.8. The topological polar surface area (TPSA) is 66.5 Å². The molecule has 0 atom stereocenters. The Bertz CT molecular complexity index is 873. The van der Waals surface area contributed by atoms with E-state index in [0.717, 1.165) is 4.31 Å². The van der Waals surface area contributed by atoms with E-state index in [9.17, 15) is 17.6 Å². The maximum absolute atomic E-state index is 12.8. The van der Waals surface area contributed by atoms with Crippen LogP contribution in [0.5, 0.6) is 0 Å². The summed E-state index contributed by atoms with van der Waals surface area (Å²) in [5.41, 5.74) is 0.693. The van der Waals surface area contributed by atoms with Crippen molar-refractivity contribution < 1.29 is 17.6 Å². The molecule has 2 rings (SSSR count). The minimum atomic E-state index is -3.97. The first-order valence-electron chi connectivity index (χ1n) is 7.12. The van der Waals surface area contributed by atoms with Crippen molar-refractivity contribution in [2.45, 2.75) is 11.4 Å². The Labute approximate surface area is 155 Å². The molecule has 25 heavy (non-hydrogen) atoms. The summed E-state index contributed by atoms with van der Waals surface area (Å²) in [7, 11) is -2.70. The van der Waals surface area contributed by atoms with E-state index in [0.29, 0.717) is 5.56 Å². The summed E-state index contributed by atoms with van der Waals surface area (Å²) in [6.45, 7) is -0.239. The lowest BCUT2D eigenvalue weighted by Gasteiger charge is -2.18. The van der Waals surface area contributed by atoms with Gasteiger partial charge in [0.15, 0.2) is 0 Å². The number of rotatable bonds is 6. The third-order valence-corrected chi connectivity index (χ3v) is 5.87. The Kier molecular flexibility index (Phi) is 6.40. The number of likely N-dealkylation sites (N-methyl/N-ethyl adjacent to an activating group) is 1. The van der Waals surface area contributed by atoms with Gasteiger partial charge in [0, 0.05) is 18.6 Å². The normalized spacial score (nSPS) is 11.6. The number of hydrogen-bond acceptors (Lipinski definition) is 3. The van der Waals surface area contributed by atoms with Crippen LogP contribution in [-0.4, -0.2) is 32.2 Å². The highest BCUT2D eigenvalue weighted by atomic mass is 35.5. The number of halogens is 3. The molecule has 1 N–H and O–H groups in total. The van der Waals surface area contributed by atoms with Gasteiger partial charge in [-0.25, -0.2) is 12.8 Å². The van der Waals surface area contributed by atoms with Crippen LogP contribution in [0, 0.1) is 5.82 Å². The lowest BCUT2D eigenvalue weighted by atomic mass is 10.2. The van der Waals surface area contributed by atoms with Crippen molar-refractivity contribution in [1.82, 2.24) is 9.62 Å². The molecule has 0 spiro atoms. The molecule has 0 radical (unpaired) electrons. The zero-order valence-electron chi connectivity index (χ0n) is 13.2. The summed E-state index contributed by atoms with van der Waals surface area (Å²) in [5, 5.41) is 2.81. The highest BCUT2D eigenvalue weighted by molar-refractivity contribution is 7.89. The smallest absolute Gasteiger partial charge is 0.244 e. The Morgan fingerprint density at radius 1 is 1.16 bits per heavy atom. The Morgan fingerprint density at radius 2 is 1.80 bits per heavy atom. The first-order chi connectivity index (χ1) is 11.7. The predicted octanol–water partition coefficient (Wildman–Crippen LogP) is 3.07. The number of nitrogens with one attached hydrogen (secondary N) is 1. The molecule has 0 fully saturated rings. The molecular weight excluding hydrogens is 390 g/mol. The second-order valence-electron chi connectivity index (χ2n) is 5.24. The van der Waals surface area contributed by atoms with Crippen LogP contribution in [0.2, 0.25) is 10.0 Å². The lowest BCUT2D eigenvalue weighted by molar-refractivity contribution is -0.121. The molecule has 0 aromatic heterocycles. The summed E-state index contributed by atoms with van der Waals surface area (Å²) >= 11 is 11.7. The van der Waals surface area contributed by atoms with Gasteiger partial charge in [-0.15, -0.1) is 0 Å². The van der Waals surface area contributed by atoms with Gasteiger partial charge in [-0.3, -0.25) is 4.79 Å². The summed E-state index contributed by atoms with van der Waals surface area (Å²) in [6.07, 6.45) is 0. The predicted molar refractivity (Wildman–Crippen MR) is 94.5 cm³/mol. The Hall–Kier alpha value is -1.67. The fourth-order valence-corrected chi connectivity index (χ4v) is 3.85.